The third-order valence-electron chi connectivity index (χ3n) is 3.60. The van der Waals surface area contributed by atoms with Crippen molar-refractivity contribution in [2.45, 2.75) is 44.9 Å². The lowest BCUT2D eigenvalue weighted by Gasteiger charge is -2.28. The number of aryl methyl sites for hydroxylation is 1. The first-order chi connectivity index (χ1) is 9.88. The molecule has 0 saturated heterocycles. The summed E-state index contributed by atoms with van der Waals surface area (Å²) in [5.74, 6) is 0.243. The molecule has 0 amide bonds. The Hall–Kier alpha value is -1.19. The monoisotopic (exact) mass is 303 g/mol. The Morgan fingerprint density at radius 2 is 1.71 bits per heavy atom. The average molecular weight is 303 g/mol. The second-order valence-corrected chi connectivity index (χ2v) is 8.55. The van der Waals surface area contributed by atoms with Gasteiger partial charge in [-0.15, -0.1) is 0 Å². The summed E-state index contributed by atoms with van der Waals surface area (Å²) in [4.78, 5) is 0. The van der Waals surface area contributed by atoms with Crippen LogP contribution in [0.15, 0.2) is 48.6 Å². The number of hydrogen-bond acceptors (Lipinski definition) is 1. The van der Waals surface area contributed by atoms with Gasteiger partial charge in [0.25, 0.3) is 0 Å². The second-order valence-electron chi connectivity index (χ2n) is 6.56. The molecule has 0 unspecified atom stereocenters. The lowest BCUT2D eigenvalue weighted by molar-refractivity contribution is 0.544. The van der Waals surface area contributed by atoms with Crippen molar-refractivity contribution in [2.24, 2.45) is 5.92 Å². The van der Waals surface area contributed by atoms with E-state index in [4.69, 9.17) is 0 Å². The molecule has 1 N–H and O–H groups in total. The van der Waals surface area contributed by atoms with Gasteiger partial charge in [0.05, 0.1) is 21.8 Å². The smallest absolute Gasteiger partial charge is 0.0976 e. The molecule has 2 nitrogen and oxygen atoms in total. The van der Waals surface area contributed by atoms with Gasteiger partial charge in [-0.2, -0.15) is 0 Å². The first-order valence-corrected chi connectivity index (χ1v) is 8.61. The number of allylic oxidation sites excluding steroid dienone is 2. The molecule has 3 heteroatoms. The molecule has 0 bridgehead atoms. The van der Waals surface area contributed by atoms with Crippen LogP contribution in [0.2, 0.25) is 0 Å². The Morgan fingerprint density at radius 3 is 2.24 bits per heavy atom. The molecule has 2 rings (SSSR count). The van der Waals surface area contributed by atoms with Crippen LogP contribution >= 0.6 is 0 Å². The molecule has 1 aromatic carbocycles. The highest BCUT2D eigenvalue weighted by Crippen LogP contribution is 2.28. The summed E-state index contributed by atoms with van der Waals surface area (Å²) < 4.78 is 15.6. The van der Waals surface area contributed by atoms with E-state index in [-0.39, 0.29) is 16.7 Å². The van der Waals surface area contributed by atoms with E-state index >= 15 is 0 Å². The van der Waals surface area contributed by atoms with E-state index < -0.39 is 11.0 Å². The fourth-order valence-corrected chi connectivity index (χ4v) is 3.15. The number of rotatable bonds is 4. The largest absolute Gasteiger partial charge is 0.242 e. The van der Waals surface area contributed by atoms with E-state index in [0.717, 1.165) is 6.42 Å². The van der Waals surface area contributed by atoms with Crippen LogP contribution in [-0.2, 0) is 11.0 Å². The van der Waals surface area contributed by atoms with Gasteiger partial charge in [-0.05, 0) is 39.7 Å². The van der Waals surface area contributed by atoms with Crippen LogP contribution in [0.3, 0.4) is 0 Å². The fourth-order valence-electron chi connectivity index (χ4n) is 2.27. The third-order valence-corrected chi connectivity index (χ3v) is 5.18. The van der Waals surface area contributed by atoms with Gasteiger partial charge >= 0.3 is 0 Å². The maximum Gasteiger partial charge on any atom is 0.0976 e. The first kappa shape index (κ1) is 16.2. The van der Waals surface area contributed by atoms with Crippen LogP contribution < -0.4 is 4.72 Å². The Labute approximate surface area is 130 Å². The zero-order valence-corrected chi connectivity index (χ0v) is 14.1. The van der Waals surface area contributed by atoms with Gasteiger partial charge in [0.15, 0.2) is 0 Å². The molecule has 2 atom stereocenters. The van der Waals surface area contributed by atoms with Crippen LogP contribution in [0, 0.1) is 12.8 Å². The molecule has 21 heavy (non-hydrogen) atoms. The maximum absolute atomic E-state index is 12.5. The van der Waals surface area contributed by atoms with Crippen molar-refractivity contribution < 1.29 is 4.21 Å². The molecule has 0 spiro atoms. The Kier molecular flexibility index (Phi) is 5.17. The highest BCUT2D eigenvalue weighted by atomic mass is 32.2. The summed E-state index contributed by atoms with van der Waals surface area (Å²) in [7, 11) is -1.09. The van der Waals surface area contributed by atoms with E-state index in [2.05, 4.69) is 60.2 Å². The van der Waals surface area contributed by atoms with Crippen molar-refractivity contribution in [1.29, 1.82) is 0 Å². The van der Waals surface area contributed by atoms with E-state index in [9.17, 15) is 4.21 Å². The Balaban J connectivity index is 2.28. The normalized spacial score (nSPS) is 18.7. The van der Waals surface area contributed by atoms with E-state index in [1.807, 2.05) is 20.8 Å². The molecule has 0 aliphatic heterocycles. The van der Waals surface area contributed by atoms with Crippen LogP contribution in [0.5, 0.6) is 0 Å². The molecular formula is C18H25NOS. The maximum atomic E-state index is 12.5. The van der Waals surface area contributed by atoms with Gasteiger partial charge in [-0.3, -0.25) is 0 Å². The molecule has 1 aliphatic rings. The number of hydrogen-bond donors (Lipinski definition) is 1. The number of nitrogens with one attached hydrogen (secondary N) is 1. The average Bonchev–Trinajstić information content (AvgIpc) is 2.45. The van der Waals surface area contributed by atoms with E-state index in [1.165, 1.54) is 11.1 Å². The summed E-state index contributed by atoms with van der Waals surface area (Å²) in [5.41, 5.74) is 2.42. The van der Waals surface area contributed by atoms with Crippen molar-refractivity contribution >= 4 is 11.0 Å². The topological polar surface area (TPSA) is 29.1 Å². The predicted octanol–water partition coefficient (Wildman–Crippen LogP) is 4.22. The van der Waals surface area contributed by atoms with Crippen molar-refractivity contribution in [1.82, 2.24) is 4.72 Å². The van der Waals surface area contributed by atoms with Gasteiger partial charge in [0.1, 0.15) is 0 Å². The Bertz CT molecular complexity index is 540. The summed E-state index contributed by atoms with van der Waals surface area (Å²) in [6, 6.07) is 8.52. The molecule has 0 radical (unpaired) electrons. The van der Waals surface area contributed by atoms with Gasteiger partial charge in [-0.25, -0.2) is 8.93 Å². The van der Waals surface area contributed by atoms with Crippen molar-refractivity contribution in [3.63, 3.8) is 0 Å². The van der Waals surface area contributed by atoms with E-state index in [1.54, 1.807) is 0 Å². The quantitative estimate of drug-likeness (QED) is 0.829. The molecule has 0 fully saturated rings. The molecule has 114 valence electrons. The Morgan fingerprint density at radius 1 is 1.14 bits per heavy atom. The summed E-state index contributed by atoms with van der Waals surface area (Å²) >= 11 is 0. The van der Waals surface area contributed by atoms with Crippen LogP contribution in [0.4, 0.5) is 0 Å². The minimum Gasteiger partial charge on any atom is -0.242 e. The molecule has 1 aliphatic carbocycles. The molecule has 0 aromatic heterocycles. The first-order valence-electron chi connectivity index (χ1n) is 7.46. The summed E-state index contributed by atoms with van der Waals surface area (Å²) in [6.45, 7) is 8.07. The van der Waals surface area contributed by atoms with Crippen molar-refractivity contribution in [2.75, 3.05) is 0 Å². The molecule has 0 saturated carbocycles. The summed E-state index contributed by atoms with van der Waals surface area (Å²) in [5, 5.41) is 0. The zero-order chi connectivity index (χ0) is 15.5. The molecular weight excluding hydrogens is 278 g/mol. The minimum atomic E-state index is -1.09. The fraction of sp³-hybridized carbons (Fsp3) is 0.444. The minimum absolute atomic E-state index is 0.0402. The van der Waals surface area contributed by atoms with Crippen LogP contribution in [-0.4, -0.2) is 8.96 Å². The third kappa shape index (κ3) is 4.39. The lowest BCUT2D eigenvalue weighted by Crippen LogP contribution is -2.38. The van der Waals surface area contributed by atoms with Crippen LogP contribution in [0.1, 0.15) is 44.4 Å². The van der Waals surface area contributed by atoms with Gasteiger partial charge in [0, 0.05) is 5.92 Å². The SMILES string of the molecule is Cc1ccc([C@@H](N[S@@](=O)C(C)(C)C)C2C=CCC=C2)cc1. The highest BCUT2D eigenvalue weighted by Gasteiger charge is 2.27. The van der Waals surface area contributed by atoms with Crippen molar-refractivity contribution in [3.05, 3.63) is 59.7 Å². The van der Waals surface area contributed by atoms with Crippen molar-refractivity contribution in [3.8, 4) is 0 Å². The van der Waals surface area contributed by atoms with Gasteiger partial charge in [-0.1, -0.05) is 54.1 Å². The van der Waals surface area contributed by atoms with E-state index in [0.29, 0.717) is 0 Å². The second kappa shape index (κ2) is 6.71. The van der Waals surface area contributed by atoms with Gasteiger partial charge < -0.3 is 0 Å². The molecule has 1 aromatic rings. The van der Waals surface area contributed by atoms with Gasteiger partial charge in [0.2, 0.25) is 0 Å². The zero-order valence-electron chi connectivity index (χ0n) is 13.3. The number of benzene rings is 1. The lowest BCUT2D eigenvalue weighted by atomic mass is 9.90. The summed E-state index contributed by atoms with van der Waals surface area (Å²) in [6.07, 6.45) is 9.75. The predicted molar refractivity (Wildman–Crippen MR) is 91.3 cm³/mol. The van der Waals surface area contributed by atoms with Crippen LogP contribution in [0.25, 0.3) is 0 Å². The highest BCUT2D eigenvalue weighted by molar-refractivity contribution is 7.84. The molecule has 0 heterocycles. The standard InChI is InChI=1S/C18H25NOS/c1-14-10-12-16(13-11-14)17(15-8-6-5-7-9-15)19-21(20)18(2,3)4/h6-13,15,17,19H,5H2,1-4H3/t17-,21-/m0/s1.